The number of amides is 1. The Labute approximate surface area is 175 Å². The number of nitrogens with one attached hydrogen (secondary N) is 2. The smallest absolute Gasteiger partial charge is 0.224 e. The van der Waals surface area contributed by atoms with Crippen LogP contribution < -0.4 is 10.2 Å². The van der Waals surface area contributed by atoms with Gasteiger partial charge >= 0.3 is 0 Å². The number of hydrogen-bond donors (Lipinski definition) is 3. The third kappa shape index (κ3) is 3.54. The topological polar surface area (TPSA) is 94.1 Å². The standard InChI is InChI=1S/C23H27N5O2/c29-13-17(12-16-4-2-1-3-5-16)27-22(30)19-7-11-28(14-23(19)8-9-23)21-18-6-10-24-20(18)25-15-26-21/h1-6,10,15,17,19,29H,7-9,11-14H2,(H,27,30)(H,24,25,26). The monoisotopic (exact) mass is 405 g/mol. The number of aliphatic hydroxyl groups is 1. The van der Waals surface area contributed by atoms with Crippen LogP contribution in [0.4, 0.5) is 5.82 Å². The fourth-order valence-electron chi connectivity index (χ4n) is 4.89. The summed E-state index contributed by atoms with van der Waals surface area (Å²) in [6.07, 6.45) is 7.04. The van der Waals surface area contributed by atoms with Crippen LogP contribution in [0.1, 0.15) is 24.8 Å². The van der Waals surface area contributed by atoms with E-state index in [9.17, 15) is 9.90 Å². The number of nitrogens with zero attached hydrogens (tertiary/aromatic N) is 3. The van der Waals surface area contributed by atoms with E-state index in [2.05, 4.69) is 25.2 Å². The van der Waals surface area contributed by atoms with Crippen molar-refractivity contribution in [2.75, 3.05) is 24.6 Å². The SMILES string of the molecule is O=C(NC(CO)Cc1ccccc1)C1CCN(c2ncnc3[nH]ccc23)CC12CC2. The number of benzene rings is 1. The molecule has 7 heteroatoms. The Hall–Kier alpha value is -2.93. The van der Waals surface area contributed by atoms with Crippen LogP contribution in [0.25, 0.3) is 11.0 Å². The first-order valence-corrected chi connectivity index (χ1v) is 10.7. The Balaban J connectivity index is 1.28. The minimum absolute atomic E-state index is 0.0119. The number of fused-ring (bicyclic) bond motifs is 1. The Bertz CT molecular complexity index is 1030. The molecule has 2 atom stereocenters. The minimum atomic E-state index is -0.255. The summed E-state index contributed by atoms with van der Waals surface area (Å²) in [6, 6.07) is 11.7. The Morgan fingerprint density at radius 1 is 1.27 bits per heavy atom. The lowest BCUT2D eigenvalue weighted by molar-refractivity contribution is -0.128. The van der Waals surface area contributed by atoms with E-state index in [0.29, 0.717) is 6.42 Å². The molecule has 1 spiro atoms. The molecule has 7 nitrogen and oxygen atoms in total. The van der Waals surface area contributed by atoms with Gasteiger partial charge in [0.1, 0.15) is 17.8 Å². The second kappa shape index (κ2) is 7.72. The number of aromatic nitrogens is 3. The minimum Gasteiger partial charge on any atom is -0.394 e. The predicted octanol–water partition coefficient (Wildman–Crippen LogP) is 2.28. The quantitative estimate of drug-likeness (QED) is 0.585. The van der Waals surface area contributed by atoms with E-state index in [1.807, 2.05) is 42.6 Å². The molecule has 1 aromatic carbocycles. The molecule has 1 aliphatic heterocycles. The maximum absolute atomic E-state index is 13.2. The molecular formula is C23H27N5O2. The van der Waals surface area contributed by atoms with Crippen molar-refractivity contribution < 1.29 is 9.90 Å². The molecule has 2 aliphatic rings. The Kier molecular flexibility index (Phi) is 4.90. The molecule has 1 saturated carbocycles. The number of rotatable bonds is 6. The van der Waals surface area contributed by atoms with Crippen LogP contribution in [0.2, 0.25) is 0 Å². The molecule has 30 heavy (non-hydrogen) atoms. The molecule has 1 saturated heterocycles. The summed E-state index contributed by atoms with van der Waals surface area (Å²) >= 11 is 0. The van der Waals surface area contributed by atoms with E-state index >= 15 is 0 Å². The van der Waals surface area contributed by atoms with E-state index in [4.69, 9.17) is 0 Å². The number of hydrogen-bond acceptors (Lipinski definition) is 5. The van der Waals surface area contributed by atoms with E-state index in [1.54, 1.807) is 6.33 Å². The van der Waals surface area contributed by atoms with Crippen molar-refractivity contribution in [1.82, 2.24) is 20.3 Å². The second-order valence-corrected chi connectivity index (χ2v) is 8.64. The molecule has 0 bridgehead atoms. The lowest BCUT2D eigenvalue weighted by atomic mass is 9.81. The van der Waals surface area contributed by atoms with Crippen LogP contribution in [-0.4, -0.2) is 51.7 Å². The van der Waals surface area contributed by atoms with E-state index in [1.165, 1.54) is 0 Å². The fraction of sp³-hybridized carbons (Fsp3) is 0.435. The van der Waals surface area contributed by atoms with Crippen molar-refractivity contribution >= 4 is 22.8 Å². The number of aromatic amines is 1. The van der Waals surface area contributed by atoms with Gasteiger partial charge in [0.15, 0.2) is 0 Å². The third-order valence-corrected chi connectivity index (χ3v) is 6.67. The van der Waals surface area contributed by atoms with Crippen LogP contribution in [0.3, 0.4) is 0 Å². The highest BCUT2D eigenvalue weighted by molar-refractivity contribution is 5.87. The van der Waals surface area contributed by atoms with Gasteiger partial charge in [0.2, 0.25) is 5.91 Å². The number of carbonyl (C=O) groups excluding carboxylic acids is 1. The van der Waals surface area contributed by atoms with Gasteiger partial charge in [-0.15, -0.1) is 0 Å². The number of piperidine rings is 1. The number of anilines is 1. The molecule has 156 valence electrons. The normalized spacial score (nSPS) is 21.0. The van der Waals surface area contributed by atoms with Crippen LogP contribution in [0.5, 0.6) is 0 Å². The number of H-pyrrole nitrogens is 1. The van der Waals surface area contributed by atoms with Gasteiger partial charge in [0, 0.05) is 25.2 Å². The van der Waals surface area contributed by atoms with Gasteiger partial charge in [-0.05, 0) is 42.7 Å². The molecule has 1 amide bonds. The lowest BCUT2D eigenvalue weighted by Crippen LogP contribution is -2.51. The van der Waals surface area contributed by atoms with Gasteiger partial charge < -0.3 is 20.3 Å². The summed E-state index contributed by atoms with van der Waals surface area (Å²) in [5, 5.41) is 14.0. The summed E-state index contributed by atoms with van der Waals surface area (Å²) in [7, 11) is 0. The van der Waals surface area contributed by atoms with Crippen molar-refractivity contribution in [1.29, 1.82) is 0 Å². The van der Waals surface area contributed by atoms with Crippen LogP contribution in [-0.2, 0) is 11.2 Å². The Morgan fingerprint density at radius 2 is 2.10 bits per heavy atom. The zero-order chi connectivity index (χ0) is 20.6. The number of carbonyl (C=O) groups is 1. The summed E-state index contributed by atoms with van der Waals surface area (Å²) in [6.45, 7) is 1.57. The van der Waals surface area contributed by atoms with Gasteiger partial charge in [-0.2, -0.15) is 0 Å². The highest BCUT2D eigenvalue weighted by Crippen LogP contribution is 2.56. The average Bonchev–Trinajstić information content (AvgIpc) is 3.35. The first-order valence-electron chi connectivity index (χ1n) is 10.7. The van der Waals surface area contributed by atoms with E-state index in [-0.39, 0.29) is 29.9 Å². The Morgan fingerprint density at radius 3 is 2.87 bits per heavy atom. The molecule has 1 aliphatic carbocycles. The molecule has 2 fully saturated rings. The van der Waals surface area contributed by atoms with Crippen molar-refractivity contribution in [3.05, 3.63) is 54.5 Å². The molecule has 2 unspecified atom stereocenters. The second-order valence-electron chi connectivity index (χ2n) is 8.64. The fourth-order valence-corrected chi connectivity index (χ4v) is 4.89. The van der Waals surface area contributed by atoms with Gasteiger partial charge in [0.25, 0.3) is 0 Å². The summed E-state index contributed by atoms with van der Waals surface area (Å²) in [5.41, 5.74) is 1.98. The molecule has 3 aromatic rings. The van der Waals surface area contributed by atoms with Crippen molar-refractivity contribution in [2.24, 2.45) is 11.3 Å². The average molecular weight is 406 g/mol. The molecule has 0 radical (unpaired) electrons. The van der Waals surface area contributed by atoms with Crippen molar-refractivity contribution in [2.45, 2.75) is 31.7 Å². The molecule has 2 aromatic heterocycles. The van der Waals surface area contributed by atoms with Gasteiger partial charge in [-0.3, -0.25) is 4.79 Å². The molecule has 3 heterocycles. The van der Waals surface area contributed by atoms with Gasteiger partial charge in [-0.25, -0.2) is 9.97 Å². The third-order valence-electron chi connectivity index (χ3n) is 6.67. The van der Waals surface area contributed by atoms with Gasteiger partial charge in [0.05, 0.1) is 18.0 Å². The maximum Gasteiger partial charge on any atom is 0.224 e. The van der Waals surface area contributed by atoms with Crippen LogP contribution in [0.15, 0.2) is 48.9 Å². The molecular weight excluding hydrogens is 378 g/mol. The predicted molar refractivity (Wildman–Crippen MR) is 115 cm³/mol. The van der Waals surface area contributed by atoms with Gasteiger partial charge in [-0.1, -0.05) is 30.3 Å². The maximum atomic E-state index is 13.2. The largest absolute Gasteiger partial charge is 0.394 e. The summed E-state index contributed by atoms with van der Waals surface area (Å²) in [5.74, 6) is 1.02. The first-order chi connectivity index (χ1) is 14.7. The van der Waals surface area contributed by atoms with E-state index in [0.717, 1.165) is 54.8 Å². The van der Waals surface area contributed by atoms with Crippen molar-refractivity contribution in [3.8, 4) is 0 Å². The lowest BCUT2D eigenvalue weighted by Gasteiger charge is -2.39. The molecule has 3 N–H and O–H groups in total. The van der Waals surface area contributed by atoms with Crippen LogP contribution in [0, 0.1) is 11.3 Å². The van der Waals surface area contributed by atoms with Crippen LogP contribution >= 0.6 is 0 Å². The first kappa shape index (κ1) is 19.1. The van der Waals surface area contributed by atoms with Crippen molar-refractivity contribution in [3.63, 3.8) is 0 Å². The highest BCUT2D eigenvalue weighted by Gasteiger charge is 2.55. The molecule has 5 rings (SSSR count). The summed E-state index contributed by atoms with van der Waals surface area (Å²) < 4.78 is 0. The zero-order valence-corrected chi connectivity index (χ0v) is 16.9. The number of aliphatic hydroxyl groups excluding tert-OH is 1. The summed E-state index contributed by atoms with van der Waals surface area (Å²) in [4.78, 5) is 27.4. The van der Waals surface area contributed by atoms with E-state index < -0.39 is 0 Å². The zero-order valence-electron chi connectivity index (χ0n) is 16.9. The highest BCUT2D eigenvalue weighted by atomic mass is 16.3.